The van der Waals surface area contributed by atoms with Gasteiger partial charge in [0.2, 0.25) is 5.88 Å². The molecule has 2 rings (SSSR count). The molecule has 0 saturated carbocycles. The summed E-state index contributed by atoms with van der Waals surface area (Å²) in [5, 5.41) is 11.0. The molecule has 0 atom stereocenters. The maximum atomic E-state index is 5.81. The van der Waals surface area contributed by atoms with Crippen LogP contribution in [-0.2, 0) is 6.54 Å². The summed E-state index contributed by atoms with van der Waals surface area (Å²) in [6.07, 6.45) is 1.67. The Morgan fingerprint density at radius 1 is 1.32 bits per heavy atom. The highest BCUT2D eigenvalue weighted by Gasteiger charge is 2.06. The summed E-state index contributed by atoms with van der Waals surface area (Å²) in [4.78, 5) is 4.32. The van der Waals surface area contributed by atoms with Gasteiger partial charge in [0.05, 0.1) is 24.0 Å². The van der Waals surface area contributed by atoms with Gasteiger partial charge < -0.3 is 15.8 Å². The van der Waals surface area contributed by atoms with E-state index in [0.717, 1.165) is 5.69 Å². The minimum Gasteiger partial charge on any atom is -0.473 e. The normalized spacial score (nSPS) is 10.5. The third kappa shape index (κ3) is 3.80. The predicted octanol–water partition coefficient (Wildman–Crippen LogP) is 1.85. The fourth-order valence-corrected chi connectivity index (χ4v) is 1.48. The lowest BCUT2D eigenvalue weighted by Gasteiger charge is -2.12. The second-order valence-electron chi connectivity index (χ2n) is 4.33. The van der Waals surface area contributed by atoms with Crippen LogP contribution in [0.15, 0.2) is 30.5 Å². The molecule has 0 unspecified atom stereocenters. The number of anilines is 2. The first-order valence-corrected chi connectivity index (χ1v) is 6.09. The number of nitrogens with one attached hydrogen (secondary N) is 1. The second kappa shape index (κ2) is 5.99. The monoisotopic (exact) mass is 259 g/mol. The summed E-state index contributed by atoms with van der Waals surface area (Å²) in [5.41, 5.74) is 7.17. The van der Waals surface area contributed by atoms with Crippen molar-refractivity contribution in [2.45, 2.75) is 26.5 Å². The Kier molecular flexibility index (Phi) is 4.12. The van der Waals surface area contributed by atoms with Crippen LogP contribution in [0, 0.1) is 0 Å². The zero-order chi connectivity index (χ0) is 13.7. The molecule has 2 heterocycles. The third-order valence-electron chi connectivity index (χ3n) is 2.32. The second-order valence-corrected chi connectivity index (χ2v) is 4.33. The van der Waals surface area contributed by atoms with E-state index in [9.17, 15) is 0 Å². The zero-order valence-electron chi connectivity index (χ0n) is 11.0. The minimum atomic E-state index is 0.0324. The molecule has 19 heavy (non-hydrogen) atoms. The van der Waals surface area contributed by atoms with Crippen molar-refractivity contribution in [2.24, 2.45) is 0 Å². The number of aromatic nitrogens is 3. The van der Waals surface area contributed by atoms with Crippen LogP contribution >= 0.6 is 0 Å². The smallest absolute Gasteiger partial charge is 0.239 e. The van der Waals surface area contributed by atoms with Crippen molar-refractivity contribution < 1.29 is 4.74 Å². The molecule has 0 amide bonds. The first kappa shape index (κ1) is 13.1. The molecule has 0 fully saturated rings. The molecule has 0 aliphatic rings. The summed E-state index contributed by atoms with van der Waals surface area (Å²) >= 11 is 0. The van der Waals surface area contributed by atoms with Gasteiger partial charge in [0.25, 0.3) is 0 Å². The Bertz CT molecular complexity index is 530. The van der Waals surface area contributed by atoms with Crippen LogP contribution in [0.1, 0.15) is 19.5 Å². The summed E-state index contributed by atoms with van der Waals surface area (Å²) in [5.74, 6) is 1.13. The molecule has 3 N–H and O–H groups in total. The molecule has 0 spiro atoms. The SMILES string of the molecule is CC(C)Oc1nc(NCc2cccnn2)ccc1N. The maximum Gasteiger partial charge on any atom is 0.239 e. The van der Waals surface area contributed by atoms with Crippen LogP contribution in [0.5, 0.6) is 5.88 Å². The molecule has 0 aliphatic heterocycles. The standard InChI is InChI=1S/C13H17N5O/c1-9(2)19-13-11(14)5-6-12(17-13)15-8-10-4-3-7-16-18-10/h3-7,9H,8,14H2,1-2H3,(H,15,17). The van der Waals surface area contributed by atoms with Crippen LogP contribution < -0.4 is 15.8 Å². The van der Waals surface area contributed by atoms with Crippen LogP contribution in [0.3, 0.4) is 0 Å². The van der Waals surface area contributed by atoms with Crippen molar-refractivity contribution in [2.75, 3.05) is 11.1 Å². The van der Waals surface area contributed by atoms with E-state index in [4.69, 9.17) is 10.5 Å². The van der Waals surface area contributed by atoms with E-state index < -0.39 is 0 Å². The number of nitrogen functional groups attached to an aromatic ring is 1. The van der Waals surface area contributed by atoms with Gasteiger partial charge >= 0.3 is 0 Å². The van der Waals surface area contributed by atoms with Crippen molar-refractivity contribution in [3.63, 3.8) is 0 Å². The van der Waals surface area contributed by atoms with Crippen molar-refractivity contribution in [3.05, 3.63) is 36.2 Å². The summed E-state index contributed by atoms with van der Waals surface area (Å²) in [6, 6.07) is 7.30. The Morgan fingerprint density at radius 2 is 2.16 bits per heavy atom. The van der Waals surface area contributed by atoms with Crippen LogP contribution in [-0.4, -0.2) is 21.3 Å². The number of pyridine rings is 1. The Morgan fingerprint density at radius 3 is 2.84 bits per heavy atom. The lowest BCUT2D eigenvalue weighted by Crippen LogP contribution is -2.10. The van der Waals surface area contributed by atoms with Gasteiger partial charge in [0.1, 0.15) is 5.82 Å². The minimum absolute atomic E-state index is 0.0324. The Labute approximate surface area is 112 Å². The predicted molar refractivity (Wildman–Crippen MR) is 73.8 cm³/mol. The molecule has 100 valence electrons. The van der Waals surface area contributed by atoms with Gasteiger partial charge in [-0.05, 0) is 38.1 Å². The number of ether oxygens (including phenoxy) is 1. The van der Waals surface area contributed by atoms with E-state index in [1.54, 1.807) is 18.3 Å². The van der Waals surface area contributed by atoms with Gasteiger partial charge in [-0.3, -0.25) is 0 Å². The van der Waals surface area contributed by atoms with E-state index in [-0.39, 0.29) is 6.10 Å². The number of hydrogen-bond donors (Lipinski definition) is 2. The molecular weight excluding hydrogens is 242 g/mol. The highest BCUT2D eigenvalue weighted by molar-refractivity contribution is 5.53. The average molecular weight is 259 g/mol. The lowest BCUT2D eigenvalue weighted by atomic mass is 10.3. The Balaban J connectivity index is 2.04. The zero-order valence-corrected chi connectivity index (χ0v) is 11.0. The first-order valence-electron chi connectivity index (χ1n) is 6.09. The molecule has 0 radical (unpaired) electrons. The van der Waals surface area contributed by atoms with E-state index in [2.05, 4.69) is 20.5 Å². The van der Waals surface area contributed by atoms with Crippen molar-refractivity contribution in [1.29, 1.82) is 0 Å². The van der Waals surface area contributed by atoms with Crippen molar-refractivity contribution in [3.8, 4) is 5.88 Å². The Hall–Kier alpha value is -2.37. The van der Waals surface area contributed by atoms with E-state index in [1.807, 2.05) is 26.0 Å². The lowest BCUT2D eigenvalue weighted by molar-refractivity contribution is 0.234. The van der Waals surface area contributed by atoms with Gasteiger partial charge in [0.15, 0.2) is 0 Å². The molecule has 0 saturated heterocycles. The number of hydrogen-bond acceptors (Lipinski definition) is 6. The van der Waals surface area contributed by atoms with Crippen molar-refractivity contribution in [1.82, 2.24) is 15.2 Å². The molecular formula is C13H17N5O. The van der Waals surface area contributed by atoms with E-state index >= 15 is 0 Å². The number of nitrogens with two attached hydrogens (primary N) is 1. The van der Waals surface area contributed by atoms with Gasteiger partial charge in [-0.2, -0.15) is 15.2 Å². The van der Waals surface area contributed by atoms with Crippen LogP contribution in [0.2, 0.25) is 0 Å². The maximum absolute atomic E-state index is 5.81. The molecule has 6 nitrogen and oxygen atoms in total. The molecule has 2 aromatic heterocycles. The molecule has 2 aromatic rings. The van der Waals surface area contributed by atoms with Gasteiger partial charge in [-0.1, -0.05) is 0 Å². The highest BCUT2D eigenvalue weighted by Crippen LogP contribution is 2.22. The fraction of sp³-hybridized carbons (Fsp3) is 0.308. The van der Waals surface area contributed by atoms with Crippen molar-refractivity contribution >= 4 is 11.5 Å². The third-order valence-corrected chi connectivity index (χ3v) is 2.32. The molecule has 6 heteroatoms. The van der Waals surface area contributed by atoms with Crippen LogP contribution in [0.25, 0.3) is 0 Å². The van der Waals surface area contributed by atoms with Gasteiger partial charge in [0, 0.05) is 6.20 Å². The van der Waals surface area contributed by atoms with Crippen LogP contribution in [0.4, 0.5) is 11.5 Å². The molecule has 0 aliphatic carbocycles. The summed E-state index contributed by atoms with van der Waals surface area (Å²) < 4.78 is 5.53. The summed E-state index contributed by atoms with van der Waals surface area (Å²) in [7, 11) is 0. The van der Waals surface area contributed by atoms with E-state index in [0.29, 0.717) is 23.9 Å². The average Bonchev–Trinajstić information content (AvgIpc) is 2.40. The topological polar surface area (TPSA) is 86.0 Å². The largest absolute Gasteiger partial charge is 0.473 e. The number of rotatable bonds is 5. The first-order chi connectivity index (χ1) is 9.15. The fourth-order valence-electron chi connectivity index (χ4n) is 1.48. The number of nitrogens with zero attached hydrogens (tertiary/aromatic N) is 3. The summed E-state index contributed by atoms with van der Waals surface area (Å²) in [6.45, 7) is 4.41. The van der Waals surface area contributed by atoms with Gasteiger partial charge in [-0.15, -0.1) is 0 Å². The van der Waals surface area contributed by atoms with E-state index in [1.165, 1.54) is 0 Å². The highest BCUT2D eigenvalue weighted by atomic mass is 16.5. The van der Waals surface area contributed by atoms with Gasteiger partial charge in [-0.25, -0.2) is 0 Å². The quantitative estimate of drug-likeness (QED) is 0.852. The molecule has 0 bridgehead atoms. The molecule has 0 aromatic carbocycles.